The molecule has 0 N–H and O–H groups in total. The lowest BCUT2D eigenvalue weighted by molar-refractivity contribution is 0.119. The van der Waals surface area contributed by atoms with E-state index < -0.39 is 0 Å². The molecule has 1 aliphatic rings. The second-order valence-electron chi connectivity index (χ2n) is 6.16. The van der Waals surface area contributed by atoms with E-state index in [9.17, 15) is 0 Å². The minimum Gasteiger partial charge on any atom is -0.497 e. The van der Waals surface area contributed by atoms with E-state index in [0.717, 1.165) is 67.8 Å². The van der Waals surface area contributed by atoms with Gasteiger partial charge in [-0.1, -0.05) is 5.16 Å². The molecule has 3 rings (SSSR count). The zero-order valence-electron chi connectivity index (χ0n) is 14.6. The van der Waals surface area contributed by atoms with Crippen LogP contribution in [0.15, 0.2) is 28.8 Å². The summed E-state index contributed by atoms with van der Waals surface area (Å²) in [6, 6.07) is 7.97. The summed E-state index contributed by atoms with van der Waals surface area (Å²) in [5.74, 6) is 2.65. The number of ether oxygens (including phenoxy) is 2. The van der Waals surface area contributed by atoms with Crippen LogP contribution in [-0.2, 0) is 13.1 Å². The molecule has 0 spiro atoms. The van der Waals surface area contributed by atoms with Gasteiger partial charge >= 0.3 is 0 Å². The van der Waals surface area contributed by atoms with Crippen LogP contribution in [0.3, 0.4) is 0 Å². The van der Waals surface area contributed by atoms with Crippen molar-refractivity contribution < 1.29 is 14.0 Å². The van der Waals surface area contributed by atoms with Gasteiger partial charge in [0.2, 0.25) is 0 Å². The van der Waals surface area contributed by atoms with Crippen LogP contribution in [0.1, 0.15) is 17.0 Å². The molecule has 0 amide bonds. The van der Waals surface area contributed by atoms with Crippen LogP contribution < -0.4 is 9.47 Å². The highest BCUT2D eigenvalue weighted by molar-refractivity contribution is 5.40. The van der Waals surface area contributed by atoms with Crippen LogP contribution in [0, 0.1) is 6.92 Å². The number of benzene rings is 1. The zero-order valence-corrected chi connectivity index (χ0v) is 14.6. The van der Waals surface area contributed by atoms with Crippen LogP contribution in [0.4, 0.5) is 0 Å². The maximum absolute atomic E-state index is 5.48. The van der Waals surface area contributed by atoms with E-state index in [-0.39, 0.29) is 0 Å². The Balaban J connectivity index is 1.55. The fraction of sp³-hybridized carbons (Fsp3) is 0.500. The number of nitrogens with zero attached hydrogens (tertiary/aromatic N) is 3. The second kappa shape index (κ2) is 7.68. The summed E-state index contributed by atoms with van der Waals surface area (Å²) in [4.78, 5) is 4.86. The van der Waals surface area contributed by atoms with Crippen LogP contribution in [0.2, 0.25) is 0 Å². The smallest absolute Gasteiger partial charge is 0.133 e. The molecule has 130 valence electrons. The third-order valence-electron chi connectivity index (χ3n) is 4.41. The van der Waals surface area contributed by atoms with E-state index in [1.807, 2.05) is 25.1 Å². The number of piperazine rings is 1. The van der Waals surface area contributed by atoms with E-state index >= 15 is 0 Å². The molecule has 0 saturated carbocycles. The Hall–Kier alpha value is -2.05. The summed E-state index contributed by atoms with van der Waals surface area (Å²) in [6.45, 7) is 7.76. The highest BCUT2D eigenvalue weighted by atomic mass is 16.5. The van der Waals surface area contributed by atoms with Gasteiger partial charge in [0, 0.05) is 50.9 Å². The SMILES string of the molecule is COc1ccc(OC)c(CN2CCN(Cc3cc(C)on3)CC2)c1. The van der Waals surface area contributed by atoms with E-state index in [4.69, 9.17) is 14.0 Å². The third-order valence-corrected chi connectivity index (χ3v) is 4.41. The third kappa shape index (κ3) is 4.07. The first-order chi connectivity index (χ1) is 11.7. The molecular formula is C18H25N3O3. The first-order valence-corrected chi connectivity index (χ1v) is 8.25. The zero-order chi connectivity index (χ0) is 16.9. The standard InChI is InChI=1S/C18H25N3O3/c1-14-10-16(19-24-14)13-21-8-6-20(7-9-21)12-15-11-17(22-2)4-5-18(15)23-3/h4-5,10-11H,6-9,12-13H2,1-3H3. The molecule has 24 heavy (non-hydrogen) atoms. The maximum atomic E-state index is 5.48. The Morgan fingerprint density at radius 3 is 2.29 bits per heavy atom. The Bertz CT molecular complexity index is 663. The Kier molecular flexibility index (Phi) is 5.37. The average molecular weight is 331 g/mol. The highest BCUT2D eigenvalue weighted by Crippen LogP contribution is 2.25. The highest BCUT2D eigenvalue weighted by Gasteiger charge is 2.19. The average Bonchev–Trinajstić information content (AvgIpc) is 3.01. The molecule has 1 fully saturated rings. The number of methoxy groups -OCH3 is 2. The second-order valence-corrected chi connectivity index (χ2v) is 6.16. The fourth-order valence-corrected chi connectivity index (χ4v) is 3.07. The molecule has 1 aromatic carbocycles. The van der Waals surface area contributed by atoms with Crippen LogP contribution in [-0.4, -0.2) is 55.4 Å². The lowest BCUT2D eigenvalue weighted by Crippen LogP contribution is -2.45. The Morgan fingerprint density at radius 1 is 1.00 bits per heavy atom. The van der Waals surface area contributed by atoms with Gasteiger partial charge in [-0.25, -0.2) is 0 Å². The normalized spacial score (nSPS) is 16.3. The summed E-state index contributed by atoms with van der Waals surface area (Å²) >= 11 is 0. The van der Waals surface area contributed by atoms with Crippen molar-refractivity contribution in [3.63, 3.8) is 0 Å². The summed E-state index contributed by atoms with van der Waals surface area (Å²) < 4.78 is 15.9. The van der Waals surface area contributed by atoms with Gasteiger partial charge in [0.25, 0.3) is 0 Å². The summed E-state index contributed by atoms with van der Waals surface area (Å²) in [5, 5.41) is 4.08. The molecule has 0 bridgehead atoms. The van der Waals surface area contributed by atoms with Gasteiger partial charge < -0.3 is 14.0 Å². The molecular weight excluding hydrogens is 306 g/mol. The molecule has 2 heterocycles. The van der Waals surface area contributed by atoms with Crippen molar-refractivity contribution in [2.45, 2.75) is 20.0 Å². The van der Waals surface area contributed by atoms with Gasteiger partial charge in [-0.15, -0.1) is 0 Å². The lowest BCUT2D eigenvalue weighted by Gasteiger charge is -2.34. The molecule has 0 aliphatic carbocycles. The Morgan fingerprint density at radius 2 is 1.71 bits per heavy atom. The largest absolute Gasteiger partial charge is 0.497 e. The van der Waals surface area contributed by atoms with E-state index in [2.05, 4.69) is 21.0 Å². The van der Waals surface area contributed by atoms with Crippen molar-refractivity contribution in [3.8, 4) is 11.5 Å². The number of rotatable bonds is 6. The molecule has 6 heteroatoms. The van der Waals surface area contributed by atoms with Crippen molar-refractivity contribution in [2.24, 2.45) is 0 Å². The molecule has 0 radical (unpaired) electrons. The van der Waals surface area contributed by atoms with Gasteiger partial charge in [-0.2, -0.15) is 0 Å². The minimum absolute atomic E-state index is 0.855. The maximum Gasteiger partial charge on any atom is 0.133 e. The van der Waals surface area contributed by atoms with Gasteiger partial charge in [0.1, 0.15) is 17.3 Å². The minimum atomic E-state index is 0.855. The van der Waals surface area contributed by atoms with Gasteiger partial charge in [0.05, 0.1) is 19.9 Å². The first kappa shape index (κ1) is 16.8. The lowest BCUT2D eigenvalue weighted by atomic mass is 10.1. The topological polar surface area (TPSA) is 51.0 Å². The van der Waals surface area contributed by atoms with Crippen molar-refractivity contribution in [2.75, 3.05) is 40.4 Å². The summed E-state index contributed by atoms with van der Waals surface area (Å²) in [7, 11) is 3.40. The van der Waals surface area contributed by atoms with Crippen molar-refractivity contribution in [3.05, 3.63) is 41.3 Å². The van der Waals surface area contributed by atoms with Crippen molar-refractivity contribution in [1.82, 2.24) is 15.0 Å². The van der Waals surface area contributed by atoms with Gasteiger partial charge in [-0.3, -0.25) is 9.80 Å². The van der Waals surface area contributed by atoms with Crippen LogP contribution >= 0.6 is 0 Å². The predicted octanol–water partition coefficient (Wildman–Crippen LogP) is 2.32. The Labute approximate surface area is 142 Å². The number of hydrogen-bond donors (Lipinski definition) is 0. The van der Waals surface area contributed by atoms with Crippen molar-refractivity contribution in [1.29, 1.82) is 0 Å². The molecule has 0 unspecified atom stereocenters. The summed E-state index contributed by atoms with van der Waals surface area (Å²) in [5.41, 5.74) is 2.17. The fourth-order valence-electron chi connectivity index (χ4n) is 3.07. The molecule has 1 aromatic heterocycles. The first-order valence-electron chi connectivity index (χ1n) is 8.25. The predicted molar refractivity (Wildman–Crippen MR) is 91.3 cm³/mol. The quantitative estimate of drug-likeness (QED) is 0.810. The van der Waals surface area contributed by atoms with Gasteiger partial charge in [-0.05, 0) is 25.1 Å². The number of hydrogen-bond acceptors (Lipinski definition) is 6. The van der Waals surface area contributed by atoms with Crippen LogP contribution in [0.5, 0.6) is 11.5 Å². The summed E-state index contributed by atoms with van der Waals surface area (Å²) in [6.07, 6.45) is 0. The molecule has 1 aliphatic heterocycles. The number of aryl methyl sites for hydroxylation is 1. The van der Waals surface area contributed by atoms with E-state index in [1.165, 1.54) is 0 Å². The molecule has 2 aromatic rings. The van der Waals surface area contributed by atoms with E-state index in [1.54, 1.807) is 14.2 Å². The van der Waals surface area contributed by atoms with Crippen molar-refractivity contribution >= 4 is 0 Å². The number of aromatic nitrogens is 1. The molecule has 0 atom stereocenters. The van der Waals surface area contributed by atoms with Crippen LogP contribution in [0.25, 0.3) is 0 Å². The van der Waals surface area contributed by atoms with Gasteiger partial charge in [0.15, 0.2) is 0 Å². The van der Waals surface area contributed by atoms with E-state index in [0.29, 0.717) is 0 Å². The molecule has 6 nitrogen and oxygen atoms in total. The monoisotopic (exact) mass is 331 g/mol. The molecule has 1 saturated heterocycles.